The summed E-state index contributed by atoms with van der Waals surface area (Å²) in [4.78, 5) is 11.6. The summed E-state index contributed by atoms with van der Waals surface area (Å²) in [6.45, 7) is 5.51. The van der Waals surface area contributed by atoms with Crippen LogP contribution in [0.15, 0.2) is 23.8 Å². The molecule has 0 fully saturated rings. The lowest BCUT2D eigenvalue weighted by Crippen LogP contribution is -2.38. The Balaban J connectivity index is 2.60. The van der Waals surface area contributed by atoms with E-state index in [9.17, 15) is 4.79 Å². The van der Waals surface area contributed by atoms with E-state index in [2.05, 4.69) is 0 Å². The highest BCUT2D eigenvalue weighted by Gasteiger charge is 2.24. The van der Waals surface area contributed by atoms with Crippen LogP contribution in [0, 0.1) is 0 Å². The molecule has 0 radical (unpaired) electrons. The Kier molecular flexibility index (Phi) is 3.69. The maximum atomic E-state index is 11.6. The molecule has 0 saturated carbocycles. The second-order valence-electron chi connectivity index (χ2n) is 4.69. The molecule has 0 aromatic rings. The lowest BCUT2D eigenvalue weighted by atomic mass is 10.0. The predicted molar refractivity (Wildman–Crippen MR) is 60.3 cm³/mol. The first-order chi connectivity index (χ1) is 6.90. The van der Waals surface area contributed by atoms with Crippen LogP contribution in [-0.2, 0) is 9.53 Å². The number of rotatable bonds is 2. The van der Waals surface area contributed by atoms with Gasteiger partial charge in [-0.05, 0) is 39.2 Å². The number of hydrogen-bond donors (Lipinski definition) is 1. The van der Waals surface area contributed by atoms with Gasteiger partial charge in [-0.2, -0.15) is 0 Å². The molecule has 0 amide bonds. The van der Waals surface area contributed by atoms with Gasteiger partial charge in [-0.15, -0.1) is 0 Å². The molecular weight excluding hydrogens is 190 g/mol. The fraction of sp³-hybridized carbons (Fsp3) is 0.583. The van der Waals surface area contributed by atoms with Crippen molar-refractivity contribution in [3.63, 3.8) is 0 Å². The molecule has 1 atom stereocenters. The van der Waals surface area contributed by atoms with Crippen molar-refractivity contribution in [2.45, 2.75) is 45.3 Å². The monoisotopic (exact) mass is 209 g/mol. The minimum absolute atomic E-state index is 0.361. The molecule has 1 unspecified atom stereocenters. The van der Waals surface area contributed by atoms with Crippen LogP contribution in [0.2, 0.25) is 0 Å². The van der Waals surface area contributed by atoms with Gasteiger partial charge >= 0.3 is 5.97 Å². The van der Waals surface area contributed by atoms with Crippen molar-refractivity contribution in [2.75, 3.05) is 0 Å². The van der Waals surface area contributed by atoms with Gasteiger partial charge in [0.2, 0.25) is 0 Å². The van der Waals surface area contributed by atoms with E-state index in [1.807, 2.05) is 39.0 Å². The third-order valence-electron chi connectivity index (χ3n) is 2.04. The number of esters is 1. The van der Waals surface area contributed by atoms with Gasteiger partial charge in [-0.1, -0.05) is 18.2 Å². The first-order valence-corrected chi connectivity index (χ1v) is 5.25. The quantitative estimate of drug-likeness (QED) is 0.707. The summed E-state index contributed by atoms with van der Waals surface area (Å²) in [5.41, 5.74) is 6.18. The largest absolute Gasteiger partial charge is 0.459 e. The van der Waals surface area contributed by atoms with Crippen LogP contribution in [0.4, 0.5) is 0 Å². The molecule has 1 aliphatic rings. The smallest absolute Gasteiger partial charge is 0.328 e. The minimum atomic E-state index is -0.652. The summed E-state index contributed by atoms with van der Waals surface area (Å²) in [6.07, 6.45) is 7.89. The number of carbonyl (C=O) groups is 1. The number of ether oxygens (including phenoxy) is 1. The zero-order valence-corrected chi connectivity index (χ0v) is 9.62. The molecular formula is C12H19NO2. The summed E-state index contributed by atoms with van der Waals surface area (Å²) in [5, 5.41) is 0. The Labute approximate surface area is 91.0 Å². The van der Waals surface area contributed by atoms with Gasteiger partial charge in [0.25, 0.3) is 0 Å². The van der Waals surface area contributed by atoms with E-state index in [-0.39, 0.29) is 5.97 Å². The van der Waals surface area contributed by atoms with Crippen molar-refractivity contribution >= 4 is 5.97 Å². The predicted octanol–water partition coefficient (Wildman–Crippen LogP) is 1.93. The Morgan fingerprint density at radius 3 is 2.60 bits per heavy atom. The topological polar surface area (TPSA) is 52.3 Å². The van der Waals surface area contributed by atoms with Gasteiger partial charge in [0, 0.05) is 0 Å². The van der Waals surface area contributed by atoms with Gasteiger partial charge in [0.1, 0.15) is 11.6 Å². The number of allylic oxidation sites excluding steroid dienone is 2. The van der Waals surface area contributed by atoms with Crippen LogP contribution in [-0.4, -0.2) is 17.6 Å². The molecule has 3 heteroatoms. The van der Waals surface area contributed by atoms with Crippen LogP contribution in [0.25, 0.3) is 0 Å². The van der Waals surface area contributed by atoms with E-state index < -0.39 is 11.6 Å². The normalized spacial score (nSPS) is 18.3. The van der Waals surface area contributed by atoms with Crippen LogP contribution >= 0.6 is 0 Å². The maximum absolute atomic E-state index is 11.6. The fourth-order valence-corrected chi connectivity index (χ4v) is 1.37. The third-order valence-corrected chi connectivity index (χ3v) is 2.04. The molecule has 3 nitrogen and oxygen atoms in total. The molecule has 84 valence electrons. The first-order valence-electron chi connectivity index (χ1n) is 5.25. The molecule has 0 aromatic heterocycles. The highest BCUT2D eigenvalue weighted by molar-refractivity contribution is 5.80. The number of hydrogen-bond acceptors (Lipinski definition) is 3. The second-order valence-corrected chi connectivity index (χ2v) is 4.69. The number of nitrogens with two attached hydrogens (primary N) is 1. The Bertz CT molecular complexity index is 297. The molecule has 0 aromatic carbocycles. The van der Waals surface area contributed by atoms with Crippen LogP contribution in [0.3, 0.4) is 0 Å². The molecule has 15 heavy (non-hydrogen) atoms. The van der Waals surface area contributed by atoms with E-state index in [1.165, 1.54) is 0 Å². The average Bonchev–Trinajstić information content (AvgIpc) is 2.15. The van der Waals surface area contributed by atoms with Gasteiger partial charge in [-0.25, -0.2) is 4.79 Å². The highest BCUT2D eigenvalue weighted by atomic mass is 16.6. The summed E-state index contributed by atoms with van der Waals surface area (Å²) in [5.74, 6) is -0.361. The van der Waals surface area contributed by atoms with Crippen molar-refractivity contribution in [3.05, 3.63) is 23.8 Å². The standard InChI is InChI=1S/C12H19NO2/c1-12(2,3)15-11(14)10(13)9-7-5-4-6-8-9/h5,7-8,10H,4,6,13H2,1-3H3. The second kappa shape index (κ2) is 4.62. The van der Waals surface area contributed by atoms with Crippen molar-refractivity contribution < 1.29 is 9.53 Å². The van der Waals surface area contributed by atoms with Crippen LogP contribution < -0.4 is 5.73 Å². The Morgan fingerprint density at radius 1 is 1.47 bits per heavy atom. The molecule has 0 heterocycles. The summed E-state index contributed by atoms with van der Waals surface area (Å²) >= 11 is 0. The molecule has 1 rings (SSSR count). The molecule has 0 saturated heterocycles. The lowest BCUT2D eigenvalue weighted by molar-refractivity contribution is -0.155. The highest BCUT2D eigenvalue weighted by Crippen LogP contribution is 2.15. The average molecular weight is 209 g/mol. The summed E-state index contributed by atoms with van der Waals surface area (Å²) in [6, 6.07) is -0.652. The zero-order valence-electron chi connectivity index (χ0n) is 9.62. The fourth-order valence-electron chi connectivity index (χ4n) is 1.37. The first kappa shape index (κ1) is 12.0. The van der Waals surface area contributed by atoms with Crippen molar-refractivity contribution in [2.24, 2.45) is 5.73 Å². The SMILES string of the molecule is CC(C)(C)OC(=O)C(N)C1=CCCC=C1. The third kappa shape index (κ3) is 3.88. The van der Waals surface area contributed by atoms with E-state index in [0.29, 0.717) is 0 Å². The zero-order chi connectivity index (χ0) is 11.5. The van der Waals surface area contributed by atoms with E-state index in [1.54, 1.807) is 0 Å². The van der Waals surface area contributed by atoms with Crippen LogP contribution in [0.5, 0.6) is 0 Å². The Morgan fingerprint density at radius 2 is 2.13 bits per heavy atom. The maximum Gasteiger partial charge on any atom is 0.328 e. The molecule has 0 aliphatic heterocycles. The van der Waals surface area contributed by atoms with Gasteiger partial charge in [0.05, 0.1) is 0 Å². The van der Waals surface area contributed by atoms with E-state index in [4.69, 9.17) is 10.5 Å². The number of carbonyl (C=O) groups excluding carboxylic acids is 1. The molecule has 0 spiro atoms. The van der Waals surface area contributed by atoms with Gasteiger partial charge in [0.15, 0.2) is 0 Å². The van der Waals surface area contributed by atoms with Gasteiger partial charge < -0.3 is 10.5 Å². The summed E-state index contributed by atoms with van der Waals surface area (Å²) < 4.78 is 5.21. The van der Waals surface area contributed by atoms with E-state index in [0.717, 1.165) is 18.4 Å². The van der Waals surface area contributed by atoms with Gasteiger partial charge in [-0.3, -0.25) is 0 Å². The molecule has 2 N–H and O–H groups in total. The summed E-state index contributed by atoms with van der Waals surface area (Å²) in [7, 11) is 0. The molecule has 0 bridgehead atoms. The lowest BCUT2D eigenvalue weighted by Gasteiger charge is -2.23. The van der Waals surface area contributed by atoms with Crippen molar-refractivity contribution in [1.82, 2.24) is 0 Å². The Hall–Kier alpha value is -1.09. The minimum Gasteiger partial charge on any atom is -0.459 e. The van der Waals surface area contributed by atoms with Crippen molar-refractivity contribution in [3.8, 4) is 0 Å². The van der Waals surface area contributed by atoms with E-state index >= 15 is 0 Å². The molecule has 1 aliphatic carbocycles. The van der Waals surface area contributed by atoms with Crippen molar-refractivity contribution in [1.29, 1.82) is 0 Å². The van der Waals surface area contributed by atoms with Crippen LogP contribution in [0.1, 0.15) is 33.6 Å².